The number of nitrogens with one attached hydrogen (secondary N) is 2. The highest BCUT2D eigenvalue weighted by molar-refractivity contribution is 5.79. The van der Waals surface area contributed by atoms with Gasteiger partial charge in [0.05, 0.1) is 0 Å². The molecule has 1 amide bonds. The third-order valence-corrected chi connectivity index (χ3v) is 2.16. The van der Waals surface area contributed by atoms with Crippen LogP contribution in [0.3, 0.4) is 0 Å². The van der Waals surface area contributed by atoms with E-state index in [-0.39, 0.29) is 0 Å². The summed E-state index contributed by atoms with van der Waals surface area (Å²) < 4.78 is 5.02. The SMILES string of the molecule is CNCCCC[C@H](NC(=O)OC(C)(C)C)C(=O)O. The normalized spacial score (nSPS) is 12.9. The van der Waals surface area contributed by atoms with Crippen LogP contribution in [0.1, 0.15) is 40.0 Å². The second-order valence-electron chi connectivity index (χ2n) is 5.14. The topological polar surface area (TPSA) is 87.7 Å². The fourth-order valence-corrected chi connectivity index (χ4v) is 1.36. The van der Waals surface area contributed by atoms with Gasteiger partial charge in [0.1, 0.15) is 11.6 Å². The van der Waals surface area contributed by atoms with Gasteiger partial charge in [-0.05, 0) is 53.6 Å². The Morgan fingerprint density at radius 2 is 1.89 bits per heavy atom. The van der Waals surface area contributed by atoms with Crippen molar-refractivity contribution in [2.75, 3.05) is 13.6 Å². The van der Waals surface area contributed by atoms with Crippen LogP contribution in [0.4, 0.5) is 4.79 Å². The molecule has 18 heavy (non-hydrogen) atoms. The van der Waals surface area contributed by atoms with Gasteiger partial charge in [-0.1, -0.05) is 0 Å². The smallest absolute Gasteiger partial charge is 0.408 e. The second-order valence-corrected chi connectivity index (χ2v) is 5.14. The van der Waals surface area contributed by atoms with Gasteiger partial charge in [-0.15, -0.1) is 0 Å². The van der Waals surface area contributed by atoms with E-state index >= 15 is 0 Å². The number of carbonyl (C=O) groups excluding carboxylic acids is 1. The Bertz CT molecular complexity index is 274. The van der Waals surface area contributed by atoms with Gasteiger partial charge in [0, 0.05) is 0 Å². The molecule has 1 atom stereocenters. The molecule has 0 saturated carbocycles. The minimum atomic E-state index is -1.04. The first-order chi connectivity index (χ1) is 8.26. The summed E-state index contributed by atoms with van der Waals surface area (Å²) in [7, 11) is 1.84. The molecular weight excluding hydrogens is 236 g/mol. The van der Waals surface area contributed by atoms with Crippen molar-refractivity contribution in [1.82, 2.24) is 10.6 Å². The standard InChI is InChI=1S/C12H24N2O4/c1-12(2,3)18-11(17)14-9(10(15)16)7-5-6-8-13-4/h9,13H,5-8H2,1-4H3,(H,14,17)(H,15,16)/t9-/m0/s1. The fraction of sp³-hybridized carbons (Fsp3) is 0.833. The average molecular weight is 260 g/mol. The summed E-state index contributed by atoms with van der Waals surface area (Å²) in [5.41, 5.74) is -0.626. The molecule has 0 aromatic heterocycles. The lowest BCUT2D eigenvalue weighted by molar-refractivity contribution is -0.139. The first-order valence-corrected chi connectivity index (χ1v) is 6.13. The quantitative estimate of drug-likeness (QED) is 0.601. The molecule has 0 aliphatic carbocycles. The van der Waals surface area contributed by atoms with Crippen molar-refractivity contribution in [3.63, 3.8) is 0 Å². The molecular formula is C12H24N2O4. The third kappa shape index (κ3) is 8.81. The predicted molar refractivity (Wildman–Crippen MR) is 68.6 cm³/mol. The molecule has 6 heteroatoms. The van der Waals surface area contributed by atoms with E-state index in [1.807, 2.05) is 7.05 Å². The Hall–Kier alpha value is -1.30. The van der Waals surface area contributed by atoms with Crippen molar-refractivity contribution >= 4 is 12.1 Å². The Morgan fingerprint density at radius 3 is 2.33 bits per heavy atom. The molecule has 0 rings (SSSR count). The van der Waals surface area contributed by atoms with Gasteiger partial charge in [0.25, 0.3) is 0 Å². The minimum Gasteiger partial charge on any atom is -0.480 e. The molecule has 0 aliphatic heterocycles. The number of carboxylic acid groups (broad SMARTS) is 1. The summed E-state index contributed by atoms with van der Waals surface area (Å²) in [6, 6.07) is -0.892. The van der Waals surface area contributed by atoms with E-state index in [0.29, 0.717) is 6.42 Å². The highest BCUT2D eigenvalue weighted by atomic mass is 16.6. The van der Waals surface area contributed by atoms with Crippen LogP contribution < -0.4 is 10.6 Å². The number of carboxylic acids is 1. The van der Waals surface area contributed by atoms with Crippen molar-refractivity contribution < 1.29 is 19.4 Å². The number of alkyl carbamates (subject to hydrolysis) is 1. The van der Waals surface area contributed by atoms with Crippen LogP contribution >= 0.6 is 0 Å². The molecule has 0 aromatic carbocycles. The van der Waals surface area contributed by atoms with Crippen LogP contribution in [0.5, 0.6) is 0 Å². The summed E-state index contributed by atoms with van der Waals surface area (Å²) in [5, 5.41) is 14.3. The summed E-state index contributed by atoms with van der Waals surface area (Å²) in [5.74, 6) is -1.04. The van der Waals surface area contributed by atoms with E-state index in [0.717, 1.165) is 19.4 Å². The molecule has 0 aromatic rings. The summed E-state index contributed by atoms with van der Waals surface area (Å²) in [6.45, 7) is 6.03. The van der Waals surface area contributed by atoms with Crippen molar-refractivity contribution in [3.05, 3.63) is 0 Å². The average Bonchev–Trinajstić information content (AvgIpc) is 2.19. The number of rotatable bonds is 7. The monoisotopic (exact) mass is 260 g/mol. The van der Waals surface area contributed by atoms with Crippen molar-refractivity contribution in [2.45, 2.75) is 51.7 Å². The van der Waals surface area contributed by atoms with E-state index in [2.05, 4.69) is 10.6 Å². The Labute approximate surface area is 108 Å². The van der Waals surface area contributed by atoms with Gasteiger partial charge >= 0.3 is 12.1 Å². The van der Waals surface area contributed by atoms with Crippen LogP contribution in [0.15, 0.2) is 0 Å². The molecule has 0 heterocycles. The lowest BCUT2D eigenvalue weighted by Crippen LogP contribution is -2.43. The zero-order valence-electron chi connectivity index (χ0n) is 11.6. The van der Waals surface area contributed by atoms with Crippen molar-refractivity contribution in [1.29, 1.82) is 0 Å². The number of amides is 1. The first-order valence-electron chi connectivity index (χ1n) is 6.13. The maximum atomic E-state index is 11.5. The Kier molecular flexibility index (Phi) is 7.35. The highest BCUT2D eigenvalue weighted by Crippen LogP contribution is 2.08. The molecule has 0 aliphatic rings. The van der Waals surface area contributed by atoms with Crippen molar-refractivity contribution in [2.24, 2.45) is 0 Å². The van der Waals surface area contributed by atoms with E-state index in [1.165, 1.54) is 0 Å². The maximum absolute atomic E-state index is 11.5. The van der Waals surface area contributed by atoms with Crippen molar-refractivity contribution in [3.8, 4) is 0 Å². The zero-order chi connectivity index (χ0) is 14.2. The van der Waals surface area contributed by atoms with Gasteiger partial charge in [0.15, 0.2) is 0 Å². The lowest BCUT2D eigenvalue weighted by Gasteiger charge is -2.22. The second kappa shape index (κ2) is 7.92. The maximum Gasteiger partial charge on any atom is 0.408 e. The molecule has 3 N–H and O–H groups in total. The van der Waals surface area contributed by atoms with Crippen LogP contribution in [0.25, 0.3) is 0 Å². The van der Waals surface area contributed by atoms with Crippen LogP contribution in [-0.4, -0.2) is 42.4 Å². The zero-order valence-corrected chi connectivity index (χ0v) is 11.6. The van der Waals surface area contributed by atoms with Gasteiger partial charge in [-0.3, -0.25) is 0 Å². The van der Waals surface area contributed by atoms with Crippen LogP contribution in [0, 0.1) is 0 Å². The number of aliphatic carboxylic acids is 1. The number of ether oxygens (including phenoxy) is 1. The number of hydrogen-bond donors (Lipinski definition) is 3. The first kappa shape index (κ1) is 16.7. The van der Waals surface area contributed by atoms with E-state index in [4.69, 9.17) is 9.84 Å². The lowest BCUT2D eigenvalue weighted by atomic mass is 10.1. The number of unbranched alkanes of at least 4 members (excludes halogenated alkanes) is 1. The Morgan fingerprint density at radius 1 is 1.28 bits per heavy atom. The van der Waals surface area contributed by atoms with Gasteiger partial charge in [-0.25, -0.2) is 9.59 Å². The van der Waals surface area contributed by atoms with E-state index in [9.17, 15) is 9.59 Å². The van der Waals surface area contributed by atoms with E-state index in [1.54, 1.807) is 20.8 Å². The van der Waals surface area contributed by atoms with Gasteiger partial charge < -0.3 is 20.5 Å². The molecule has 0 spiro atoms. The number of hydrogen-bond acceptors (Lipinski definition) is 4. The van der Waals surface area contributed by atoms with Gasteiger partial charge in [-0.2, -0.15) is 0 Å². The van der Waals surface area contributed by atoms with E-state index < -0.39 is 23.7 Å². The summed E-state index contributed by atoms with van der Waals surface area (Å²) >= 11 is 0. The fourth-order valence-electron chi connectivity index (χ4n) is 1.36. The summed E-state index contributed by atoms with van der Waals surface area (Å²) in [4.78, 5) is 22.4. The van der Waals surface area contributed by atoms with Crippen LogP contribution in [-0.2, 0) is 9.53 Å². The van der Waals surface area contributed by atoms with Crippen LogP contribution in [0.2, 0.25) is 0 Å². The molecule has 106 valence electrons. The molecule has 0 radical (unpaired) electrons. The summed E-state index contributed by atoms with van der Waals surface area (Å²) in [6.07, 6.45) is 1.31. The molecule has 0 bridgehead atoms. The third-order valence-electron chi connectivity index (χ3n) is 2.16. The predicted octanol–water partition coefficient (Wildman–Crippen LogP) is 1.35. The number of carbonyl (C=O) groups is 2. The molecule has 0 fully saturated rings. The molecule has 0 saturated heterocycles. The van der Waals surface area contributed by atoms with Gasteiger partial charge in [0.2, 0.25) is 0 Å². The molecule has 6 nitrogen and oxygen atoms in total. The minimum absolute atomic E-state index is 0.399. The molecule has 0 unspecified atom stereocenters. The largest absolute Gasteiger partial charge is 0.480 e. The Balaban J connectivity index is 4.11. The highest BCUT2D eigenvalue weighted by Gasteiger charge is 2.23.